The van der Waals surface area contributed by atoms with Gasteiger partial charge in [0.1, 0.15) is 22.7 Å². The van der Waals surface area contributed by atoms with E-state index in [2.05, 4.69) is 0 Å². The lowest BCUT2D eigenvalue weighted by Crippen LogP contribution is -2.34. The SMILES string of the molecule is CCCc1c(OCCCSc2ccc(CC(=O)C(C)(C)C(=O)O)cc2F)ccc(C(C)=O)c1O. The summed E-state index contributed by atoms with van der Waals surface area (Å²) in [6.45, 7) is 6.42. The molecule has 8 heteroatoms. The summed E-state index contributed by atoms with van der Waals surface area (Å²) in [6, 6.07) is 7.74. The summed E-state index contributed by atoms with van der Waals surface area (Å²) in [4.78, 5) is 35.5. The Balaban J connectivity index is 1.91. The number of benzene rings is 2. The third-order valence-corrected chi connectivity index (χ3v) is 6.65. The zero-order valence-corrected chi connectivity index (χ0v) is 20.8. The molecule has 0 amide bonds. The predicted octanol–water partition coefficient (Wildman–Crippen LogP) is 5.47. The molecule has 2 aromatic rings. The minimum atomic E-state index is -1.52. The van der Waals surface area contributed by atoms with Gasteiger partial charge in [-0.2, -0.15) is 0 Å². The van der Waals surface area contributed by atoms with Crippen molar-refractivity contribution in [1.82, 2.24) is 0 Å². The van der Waals surface area contributed by atoms with E-state index in [-0.39, 0.29) is 23.5 Å². The largest absolute Gasteiger partial charge is 0.507 e. The van der Waals surface area contributed by atoms with Crippen LogP contribution in [-0.2, 0) is 22.4 Å². The van der Waals surface area contributed by atoms with Gasteiger partial charge in [0.2, 0.25) is 0 Å². The van der Waals surface area contributed by atoms with E-state index in [9.17, 15) is 23.9 Å². The molecule has 184 valence electrons. The number of halogens is 1. The molecule has 0 heterocycles. The maximum absolute atomic E-state index is 14.5. The molecule has 2 aromatic carbocycles. The fourth-order valence-electron chi connectivity index (χ4n) is 3.25. The molecule has 34 heavy (non-hydrogen) atoms. The van der Waals surface area contributed by atoms with E-state index in [1.54, 1.807) is 24.3 Å². The van der Waals surface area contributed by atoms with Crippen LogP contribution in [0.5, 0.6) is 11.5 Å². The number of phenolic OH excluding ortho intramolecular Hbond substituents is 1. The number of phenols is 1. The van der Waals surface area contributed by atoms with Gasteiger partial charge < -0.3 is 14.9 Å². The van der Waals surface area contributed by atoms with Crippen molar-refractivity contribution in [1.29, 1.82) is 0 Å². The molecule has 2 N–H and O–H groups in total. The lowest BCUT2D eigenvalue weighted by Gasteiger charge is -2.17. The van der Waals surface area contributed by atoms with E-state index in [0.29, 0.717) is 47.0 Å². The Morgan fingerprint density at radius 2 is 1.85 bits per heavy atom. The molecular weight excluding hydrogens is 459 g/mol. The molecule has 0 bridgehead atoms. The normalized spacial score (nSPS) is 11.3. The first kappa shape index (κ1) is 27.4. The number of carboxylic acids is 1. The number of carbonyl (C=O) groups is 3. The first-order chi connectivity index (χ1) is 16.0. The van der Waals surface area contributed by atoms with Crippen LogP contribution in [0.2, 0.25) is 0 Å². The Kier molecular flexibility index (Phi) is 9.67. The Bertz CT molecular complexity index is 1060. The molecule has 6 nitrogen and oxygen atoms in total. The Hall–Kier alpha value is -2.87. The van der Waals surface area contributed by atoms with E-state index in [0.717, 1.165) is 6.42 Å². The summed E-state index contributed by atoms with van der Waals surface area (Å²) >= 11 is 1.32. The molecular formula is C26H31FO6S. The van der Waals surface area contributed by atoms with Crippen LogP contribution in [0.1, 0.15) is 62.0 Å². The first-order valence-electron chi connectivity index (χ1n) is 11.2. The highest BCUT2D eigenvalue weighted by molar-refractivity contribution is 7.99. The van der Waals surface area contributed by atoms with Gasteiger partial charge in [-0.3, -0.25) is 14.4 Å². The number of hydrogen-bond donors (Lipinski definition) is 2. The Labute approximate surface area is 203 Å². The van der Waals surface area contributed by atoms with Crippen molar-refractivity contribution in [3.8, 4) is 11.5 Å². The smallest absolute Gasteiger partial charge is 0.316 e. The van der Waals surface area contributed by atoms with Crippen molar-refractivity contribution in [2.24, 2.45) is 5.41 Å². The van der Waals surface area contributed by atoms with Gasteiger partial charge in [-0.05, 0) is 63.4 Å². The van der Waals surface area contributed by atoms with Crippen LogP contribution in [0.25, 0.3) is 0 Å². The standard InChI is InChI=1S/C26H31FO6S/c1-5-7-19-21(10-9-18(16(2)28)24(19)30)33-12-6-13-34-22-11-8-17(14-20(22)27)15-23(29)26(3,4)25(31)32/h8-11,14,30H,5-7,12-13,15H2,1-4H3,(H,31,32). The van der Waals surface area contributed by atoms with E-state index < -0.39 is 23.0 Å². The molecule has 0 saturated heterocycles. The number of ketones is 2. The monoisotopic (exact) mass is 490 g/mol. The molecule has 0 fully saturated rings. The second-order valence-corrected chi connectivity index (χ2v) is 9.73. The van der Waals surface area contributed by atoms with Gasteiger partial charge in [-0.25, -0.2) is 4.39 Å². The molecule has 0 unspecified atom stereocenters. The summed E-state index contributed by atoms with van der Waals surface area (Å²) in [5.74, 6) is -1.27. The third kappa shape index (κ3) is 6.82. The Morgan fingerprint density at radius 1 is 1.15 bits per heavy atom. The van der Waals surface area contributed by atoms with Gasteiger partial charge in [0.25, 0.3) is 0 Å². The fraction of sp³-hybridized carbons (Fsp3) is 0.423. The summed E-state index contributed by atoms with van der Waals surface area (Å²) in [5.41, 5.74) is -0.199. The van der Waals surface area contributed by atoms with Crippen LogP contribution in [-0.4, -0.2) is 40.1 Å². The second kappa shape index (κ2) is 12.0. The van der Waals surface area contributed by atoms with E-state index in [4.69, 9.17) is 9.84 Å². The average molecular weight is 491 g/mol. The lowest BCUT2D eigenvalue weighted by atomic mass is 9.85. The third-order valence-electron chi connectivity index (χ3n) is 5.52. The number of aromatic hydroxyl groups is 1. The van der Waals surface area contributed by atoms with E-state index >= 15 is 0 Å². The average Bonchev–Trinajstić information content (AvgIpc) is 2.76. The number of Topliss-reactive ketones (excluding diaryl/α,β-unsaturated/α-hetero) is 2. The topological polar surface area (TPSA) is 101 Å². The summed E-state index contributed by atoms with van der Waals surface area (Å²) in [6.07, 6.45) is 1.85. The zero-order chi connectivity index (χ0) is 25.5. The van der Waals surface area contributed by atoms with E-state index in [1.807, 2.05) is 6.92 Å². The molecule has 0 saturated carbocycles. The number of rotatable bonds is 13. The summed E-state index contributed by atoms with van der Waals surface area (Å²) < 4.78 is 20.3. The van der Waals surface area contributed by atoms with Crippen molar-refractivity contribution in [2.75, 3.05) is 12.4 Å². The van der Waals surface area contributed by atoms with Crippen molar-refractivity contribution in [3.05, 3.63) is 52.8 Å². The maximum atomic E-state index is 14.5. The zero-order valence-electron chi connectivity index (χ0n) is 19.9. The van der Waals surface area contributed by atoms with Crippen molar-refractivity contribution in [2.45, 2.75) is 58.3 Å². The van der Waals surface area contributed by atoms with Crippen molar-refractivity contribution < 1.29 is 33.7 Å². The van der Waals surface area contributed by atoms with Crippen molar-refractivity contribution in [3.63, 3.8) is 0 Å². The molecule has 0 aliphatic rings. The number of carboxylic acid groups (broad SMARTS) is 1. The number of aliphatic carboxylic acids is 1. The van der Waals surface area contributed by atoms with E-state index in [1.165, 1.54) is 38.6 Å². The van der Waals surface area contributed by atoms with Crippen LogP contribution >= 0.6 is 11.8 Å². The van der Waals surface area contributed by atoms with Crippen molar-refractivity contribution >= 4 is 29.3 Å². The molecule has 0 atom stereocenters. The maximum Gasteiger partial charge on any atom is 0.316 e. The highest BCUT2D eigenvalue weighted by Gasteiger charge is 2.35. The van der Waals surface area contributed by atoms with Crippen LogP contribution in [0.4, 0.5) is 4.39 Å². The highest BCUT2D eigenvalue weighted by Crippen LogP contribution is 2.33. The Morgan fingerprint density at radius 3 is 2.44 bits per heavy atom. The number of ether oxygens (including phenoxy) is 1. The number of thioether (sulfide) groups is 1. The minimum Gasteiger partial charge on any atom is -0.507 e. The van der Waals surface area contributed by atoms with Gasteiger partial charge in [0.15, 0.2) is 11.6 Å². The molecule has 2 rings (SSSR count). The number of hydrogen-bond acceptors (Lipinski definition) is 6. The van der Waals surface area contributed by atoms with Gasteiger partial charge in [0.05, 0.1) is 12.2 Å². The van der Waals surface area contributed by atoms with Gasteiger partial charge >= 0.3 is 5.97 Å². The molecule has 0 aromatic heterocycles. The first-order valence-corrected chi connectivity index (χ1v) is 12.1. The molecule has 0 spiro atoms. The highest BCUT2D eigenvalue weighted by atomic mass is 32.2. The fourth-order valence-corrected chi connectivity index (χ4v) is 4.09. The van der Waals surface area contributed by atoms with Gasteiger partial charge in [-0.1, -0.05) is 19.4 Å². The van der Waals surface area contributed by atoms with Gasteiger partial charge in [-0.15, -0.1) is 11.8 Å². The molecule has 0 aliphatic carbocycles. The minimum absolute atomic E-state index is 0.0337. The quantitative estimate of drug-likeness (QED) is 0.166. The lowest BCUT2D eigenvalue weighted by molar-refractivity contribution is -0.152. The number of carbonyl (C=O) groups excluding carboxylic acids is 2. The molecule has 0 radical (unpaired) electrons. The van der Waals surface area contributed by atoms with Crippen LogP contribution in [0.15, 0.2) is 35.2 Å². The van der Waals surface area contributed by atoms with Crippen LogP contribution in [0, 0.1) is 11.2 Å². The van der Waals surface area contributed by atoms with Gasteiger partial charge in [0, 0.05) is 22.6 Å². The summed E-state index contributed by atoms with van der Waals surface area (Å²) in [5, 5.41) is 19.6. The molecule has 0 aliphatic heterocycles. The summed E-state index contributed by atoms with van der Waals surface area (Å²) in [7, 11) is 0. The predicted molar refractivity (Wildman–Crippen MR) is 129 cm³/mol. The van der Waals surface area contributed by atoms with Crippen LogP contribution < -0.4 is 4.74 Å². The second-order valence-electron chi connectivity index (χ2n) is 8.59. The van der Waals surface area contributed by atoms with Crippen LogP contribution in [0.3, 0.4) is 0 Å².